The van der Waals surface area contributed by atoms with Crippen LogP contribution in [0.4, 0.5) is 22.0 Å². The van der Waals surface area contributed by atoms with Crippen LogP contribution in [0.15, 0.2) is 6.20 Å². The zero-order valence-corrected chi connectivity index (χ0v) is 30.8. The van der Waals surface area contributed by atoms with Gasteiger partial charge >= 0.3 is 5.97 Å². The summed E-state index contributed by atoms with van der Waals surface area (Å²) in [6.07, 6.45) is -3.51. The van der Waals surface area contributed by atoms with E-state index in [-0.39, 0.29) is 65.3 Å². The maximum absolute atomic E-state index is 13.6. The Kier molecular flexibility index (Phi) is 21.1. The number of ether oxygens (including phenoxy) is 8. The van der Waals surface area contributed by atoms with Gasteiger partial charge in [-0.3, -0.25) is 14.4 Å². The lowest BCUT2D eigenvalue weighted by Gasteiger charge is -2.42. The highest BCUT2D eigenvalue weighted by atomic mass is 19.2. The molecule has 19 nitrogen and oxygen atoms in total. The van der Waals surface area contributed by atoms with Crippen LogP contribution in [-0.4, -0.2) is 158 Å². The van der Waals surface area contributed by atoms with E-state index in [1.54, 1.807) is 10.9 Å². The van der Waals surface area contributed by atoms with Gasteiger partial charge in [-0.25, -0.2) is 17.9 Å². The molecule has 1 aromatic heterocycles. The lowest BCUT2D eigenvalue weighted by Crippen LogP contribution is -2.64. The fourth-order valence-corrected chi connectivity index (χ4v) is 4.83. The Morgan fingerprint density at radius 3 is 2.00 bits per heavy atom. The molecule has 322 valence electrons. The molecule has 0 spiro atoms. The average Bonchev–Trinajstić information content (AvgIpc) is 3.64. The third kappa shape index (κ3) is 16.1. The van der Waals surface area contributed by atoms with Crippen LogP contribution in [0.5, 0.6) is 5.75 Å². The van der Waals surface area contributed by atoms with Crippen molar-refractivity contribution in [3.05, 3.63) is 41.0 Å². The predicted molar refractivity (Wildman–Crippen MR) is 178 cm³/mol. The van der Waals surface area contributed by atoms with Crippen molar-refractivity contribution in [1.82, 2.24) is 25.6 Å². The molecule has 5 atom stereocenters. The minimum absolute atomic E-state index is 0.0117. The number of amides is 2. The number of aromatic nitrogens is 3. The smallest absolute Gasteiger partial charge is 0.313 e. The Bertz CT molecular complexity index is 1530. The van der Waals surface area contributed by atoms with Crippen molar-refractivity contribution >= 4 is 17.8 Å². The summed E-state index contributed by atoms with van der Waals surface area (Å²) in [4.78, 5) is 35.1. The molecule has 1 saturated heterocycles. The number of aliphatic hydroxyl groups is 3. The number of hydrogen-bond donors (Lipinski definition) is 5. The number of hydrogen-bond acceptors (Lipinski definition) is 16. The van der Waals surface area contributed by atoms with Gasteiger partial charge in [0.1, 0.15) is 31.1 Å². The summed E-state index contributed by atoms with van der Waals surface area (Å²) < 4.78 is 110. The molecule has 0 unspecified atom stereocenters. The first-order chi connectivity index (χ1) is 27.3. The molecule has 24 heteroatoms. The Labute approximate surface area is 322 Å². The zero-order chi connectivity index (χ0) is 41.7. The first-order valence-corrected chi connectivity index (χ1v) is 17.6. The monoisotopic (exact) mass is 831 g/mol. The van der Waals surface area contributed by atoms with Crippen LogP contribution in [0.2, 0.25) is 0 Å². The lowest BCUT2D eigenvalue weighted by atomic mass is 9.97. The SMILES string of the molecule is CC(=O)N[C@H]1[C@H](OCCc2cn(CCOCCOCCOCNC(=O)CCOCCOCCC(=O)Oc3c(F)c(F)c(F)c(F)c3F)nn2)O[C@H](CO)[C@H](O)[C@@H]1O. The second-order valence-electron chi connectivity index (χ2n) is 12.0. The molecule has 0 saturated carbocycles. The molecule has 5 N–H and O–H groups in total. The predicted octanol–water partition coefficient (Wildman–Crippen LogP) is -0.981. The molecule has 1 aliphatic rings. The Morgan fingerprint density at radius 1 is 0.789 bits per heavy atom. The number of benzene rings is 1. The van der Waals surface area contributed by atoms with Gasteiger partial charge < -0.3 is 63.8 Å². The molecular weight excluding hydrogens is 785 g/mol. The van der Waals surface area contributed by atoms with Gasteiger partial charge in [0, 0.05) is 19.5 Å². The fourth-order valence-electron chi connectivity index (χ4n) is 4.83. The molecule has 3 rings (SSSR count). The number of nitrogens with zero attached hydrogens (tertiary/aromatic N) is 3. The maximum Gasteiger partial charge on any atom is 0.313 e. The van der Waals surface area contributed by atoms with Crippen LogP contribution < -0.4 is 15.4 Å². The molecule has 0 radical (unpaired) electrons. The number of esters is 1. The highest BCUT2D eigenvalue weighted by Gasteiger charge is 2.45. The molecule has 1 aromatic carbocycles. The third-order valence-electron chi connectivity index (χ3n) is 7.74. The Balaban J connectivity index is 1.11. The third-order valence-corrected chi connectivity index (χ3v) is 7.74. The minimum atomic E-state index is -2.38. The second kappa shape index (κ2) is 25.4. The number of carbonyl (C=O) groups excluding carboxylic acids is 3. The zero-order valence-electron chi connectivity index (χ0n) is 30.8. The summed E-state index contributed by atoms with van der Waals surface area (Å²) >= 11 is 0. The van der Waals surface area contributed by atoms with Gasteiger partial charge in [-0.05, 0) is 0 Å². The van der Waals surface area contributed by atoms with E-state index in [2.05, 4.69) is 25.7 Å². The number of halogens is 5. The first-order valence-electron chi connectivity index (χ1n) is 17.6. The van der Waals surface area contributed by atoms with Gasteiger partial charge in [-0.15, -0.1) is 5.10 Å². The summed E-state index contributed by atoms with van der Waals surface area (Å²) in [6.45, 7) is 2.29. The van der Waals surface area contributed by atoms with Crippen molar-refractivity contribution in [2.24, 2.45) is 0 Å². The van der Waals surface area contributed by atoms with Gasteiger partial charge in [-0.1, -0.05) is 5.21 Å². The van der Waals surface area contributed by atoms with Gasteiger partial charge in [0.15, 0.2) is 6.29 Å². The van der Waals surface area contributed by atoms with E-state index in [0.29, 0.717) is 38.5 Å². The number of nitrogens with one attached hydrogen (secondary N) is 2. The van der Waals surface area contributed by atoms with E-state index in [0.717, 1.165) is 0 Å². The van der Waals surface area contributed by atoms with E-state index < -0.39 is 90.4 Å². The summed E-state index contributed by atoms with van der Waals surface area (Å²) in [5.41, 5.74) is 0.601. The molecule has 2 aromatic rings. The van der Waals surface area contributed by atoms with Crippen molar-refractivity contribution in [2.75, 3.05) is 79.4 Å². The van der Waals surface area contributed by atoms with Crippen molar-refractivity contribution in [2.45, 2.75) is 63.4 Å². The Morgan fingerprint density at radius 2 is 1.37 bits per heavy atom. The summed E-state index contributed by atoms with van der Waals surface area (Å²) in [7, 11) is 0. The summed E-state index contributed by atoms with van der Waals surface area (Å²) in [5, 5.41) is 43.0. The van der Waals surface area contributed by atoms with Gasteiger partial charge in [0.05, 0.1) is 97.8 Å². The fraction of sp³-hybridized carbons (Fsp3) is 0.667. The normalized spacial score (nSPS) is 19.4. The topological polar surface area (TPSA) is 241 Å². The van der Waals surface area contributed by atoms with E-state index in [9.17, 15) is 51.7 Å². The van der Waals surface area contributed by atoms with Crippen molar-refractivity contribution in [3.8, 4) is 5.75 Å². The van der Waals surface area contributed by atoms with E-state index >= 15 is 0 Å². The lowest BCUT2D eigenvalue weighted by molar-refractivity contribution is -0.269. The molecular formula is C33H46F5N5O14. The first kappa shape index (κ1) is 47.4. The summed E-state index contributed by atoms with van der Waals surface area (Å²) in [5.74, 6) is -15.2. The van der Waals surface area contributed by atoms with Gasteiger partial charge in [0.25, 0.3) is 0 Å². The minimum Gasteiger partial charge on any atom is -0.420 e. The second-order valence-corrected chi connectivity index (χ2v) is 12.0. The van der Waals surface area contributed by atoms with Crippen LogP contribution in [0.1, 0.15) is 25.5 Å². The molecule has 1 aliphatic heterocycles. The van der Waals surface area contributed by atoms with Gasteiger partial charge in [-0.2, -0.15) is 8.78 Å². The number of carbonyl (C=O) groups is 3. The van der Waals surface area contributed by atoms with Crippen LogP contribution in [0.3, 0.4) is 0 Å². The molecule has 2 heterocycles. The maximum atomic E-state index is 13.6. The highest BCUT2D eigenvalue weighted by Crippen LogP contribution is 2.29. The van der Waals surface area contributed by atoms with Gasteiger partial charge in [0.2, 0.25) is 46.6 Å². The van der Waals surface area contributed by atoms with Crippen LogP contribution in [0, 0.1) is 29.1 Å². The number of aliphatic hydroxyl groups excluding tert-OH is 3. The highest BCUT2D eigenvalue weighted by molar-refractivity contribution is 5.75. The van der Waals surface area contributed by atoms with Crippen molar-refractivity contribution < 1.29 is 89.6 Å². The molecule has 57 heavy (non-hydrogen) atoms. The number of rotatable bonds is 27. The molecule has 2 amide bonds. The quantitative estimate of drug-likeness (QED) is 0.0138. The summed E-state index contributed by atoms with van der Waals surface area (Å²) in [6, 6.07) is -1.04. The molecule has 0 bridgehead atoms. The van der Waals surface area contributed by atoms with E-state index in [1.807, 2.05) is 0 Å². The van der Waals surface area contributed by atoms with Crippen LogP contribution in [-0.2, 0) is 60.5 Å². The van der Waals surface area contributed by atoms with Crippen molar-refractivity contribution in [1.29, 1.82) is 0 Å². The largest absolute Gasteiger partial charge is 0.420 e. The van der Waals surface area contributed by atoms with E-state index in [4.69, 9.17) is 33.2 Å². The van der Waals surface area contributed by atoms with E-state index in [1.165, 1.54) is 6.92 Å². The Hall–Kier alpha value is -3.98. The molecule has 0 aliphatic carbocycles. The average molecular weight is 832 g/mol. The van der Waals surface area contributed by atoms with Crippen LogP contribution >= 0.6 is 0 Å². The van der Waals surface area contributed by atoms with Crippen molar-refractivity contribution in [3.63, 3.8) is 0 Å². The molecule has 1 fully saturated rings. The standard InChI is InChI=1S/C33H46F5N5O14/c1-19(45)40-29-31(49)30(48)21(17-44)56-33(29)55-8-2-20-16-43(42-41-20)5-9-52-12-13-53-14-15-54-18-39-22(46)3-6-50-10-11-51-7-4-23(47)57-32-27(37)25(35)24(34)26(36)28(32)38/h16,21,29-31,33,44,48-49H,2-15,17-18H2,1H3,(H,39,46)(H,40,45)/t21-,29-,30+,31-,33-/m1/s1. The van der Waals surface area contributed by atoms with Crippen LogP contribution in [0.25, 0.3) is 0 Å².